The van der Waals surface area contributed by atoms with Gasteiger partial charge in [-0.2, -0.15) is 0 Å². The topological polar surface area (TPSA) is 46.3 Å². The Balaban J connectivity index is 1.72. The van der Waals surface area contributed by atoms with Gasteiger partial charge >= 0.3 is 0 Å². The summed E-state index contributed by atoms with van der Waals surface area (Å²) in [4.78, 5) is 19.4. The molecule has 1 aromatic carbocycles. The van der Waals surface area contributed by atoms with Gasteiger partial charge in [-0.25, -0.2) is 4.98 Å². The molecule has 4 nitrogen and oxygen atoms in total. The molecule has 3 aromatic rings. The summed E-state index contributed by atoms with van der Waals surface area (Å²) in [6.07, 6.45) is 3.11. The number of benzene rings is 1. The fourth-order valence-corrected chi connectivity index (χ4v) is 2.96. The van der Waals surface area contributed by atoms with Gasteiger partial charge in [-0.1, -0.05) is 18.2 Å². The minimum atomic E-state index is -0.0804. The number of fused-ring (bicyclic) bond motifs is 1. The zero-order chi connectivity index (χ0) is 15.5. The van der Waals surface area contributed by atoms with Crippen molar-refractivity contribution in [2.24, 2.45) is 0 Å². The van der Waals surface area contributed by atoms with Crippen LogP contribution in [0.5, 0.6) is 0 Å². The minimum Gasteiger partial charge on any atom is -0.437 e. The predicted molar refractivity (Wildman–Crippen MR) is 88.5 cm³/mol. The molecule has 0 N–H and O–H groups in total. The number of likely N-dealkylation sites (N-methyl/N-ethyl adjacent to an activating group) is 1. The average Bonchev–Trinajstić information content (AvgIpc) is 3.19. The van der Waals surface area contributed by atoms with Gasteiger partial charge in [0, 0.05) is 24.1 Å². The Hall–Kier alpha value is -2.40. The zero-order valence-electron chi connectivity index (χ0n) is 12.4. The molecule has 0 spiro atoms. The molecule has 1 amide bonds. The lowest BCUT2D eigenvalue weighted by Crippen LogP contribution is -2.27. The van der Waals surface area contributed by atoms with Crippen LogP contribution in [0.1, 0.15) is 23.7 Å². The van der Waals surface area contributed by atoms with Gasteiger partial charge in [0.1, 0.15) is 5.52 Å². The van der Waals surface area contributed by atoms with Crippen molar-refractivity contribution in [1.29, 1.82) is 0 Å². The summed E-state index contributed by atoms with van der Waals surface area (Å²) in [6.45, 7) is 2.01. The third-order valence-corrected chi connectivity index (χ3v) is 4.61. The molecule has 0 radical (unpaired) electrons. The van der Waals surface area contributed by atoms with Crippen LogP contribution in [0.4, 0.5) is 0 Å². The van der Waals surface area contributed by atoms with Gasteiger partial charge in [-0.15, -0.1) is 11.3 Å². The van der Waals surface area contributed by atoms with Crippen molar-refractivity contribution in [1.82, 2.24) is 9.88 Å². The van der Waals surface area contributed by atoms with Crippen LogP contribution in [0.3, 0.4) is 0 Å². The van der Waals surface area contributed by atoms with Gasteiger partial charge in [0.15, 0.2) is 5.58 Å². The Morgan fingerprint density at radius 3 is 2.86 bits per heavy atom. The quantitative estimate of drug-likeness (QED) is 0.681. The fourth-order valence-electron chi connectivity index (χ4n) is 2.13. The fraction of sp³-hybridized carbons (Fsp3) is 0.176. The van der Waals surface area contributed by atoms with Crippen molar-refractivity contribution in [3.63, 3.8) is 0 Å². The smallest absolute Gasteiger partial charge is 0.247 e. The van der Waals surface area contributed by atoms with E-state index in [2.05, 4.69) is 4.98 Å². The Bertz CT molecular complexity index is 772. The summed E-state index contributed by atoms with van der Waals surface area (Å²) in [5.74, 6) is 0.356. The zero-order valence-corrected chi connectivity index (χ0v) is 13.2. The van der Waals surface area contributed by atoms with Gasteiger partial charge < -0.3 is 9.32 Å². The van der Waals surface area contributed by atoms with Crippen molar-refractivity contribution in [2.45, 2.75) is 13.0 Å². The Morgan fingerprint density at radius 2 is 2.14 bits per heavy atom. The molecular formula is C17H16N2O2S. The molecule has 0 aliphatic carbocycles. The third kappa shape index (κ3) is 2.94. The van der Waals surface area contributed by atoms with E-state index in [1.165, 1.54) is 6.08 Å². The summed E-state index contributed by atoms with van der Waals surface area (Å²) in [5, 5.41) is 2.01. The van der Waals surface area contributed by atoms with Gasteiger partial charge in [-0.05, 0) is 30.5 Å². The van der Waals surface area contributed by atoms with E-state index in [-0.39, 0.29) is 11.9 Å². The van der Waals surface area contributed by atoms with Crippen LogP contribution < -0.4 is 0 Å². The maximum atomic E-state index is 12.2. The number of amides is 1. The number of nitrogens with zero attached hydrogens (tertiary/aromatic N) is 2. The molecule has 0 saturated heterocycles. The molecule has 0 saturated carbocycles. The maximum absolute atomic E-state index is 12.2. The first-order valence-electron chi connectivity index (χ1n) is 6.99. The van der Waals surface area contributed by atoms with Crippen molar-refractivity contribution in [2.75, 3.05) is 7.05 Å². The molecule has 2 aromatic heterocycles. The second-order valence-electron chi connectivity index (χ2n) is 4.99. The highest BCUT2D eigenvalue weighted by atomic mass is 32.1. The molecule has 0 unspecified atom stereocenters. The van der Waals surface area contributed by atoms with Gasteiger partial charge in [0.2, 0.25) is 11.8 Å². The monoisotopic (exact) mass is 312 g/mol. The number of hydrogen-bond donors (Lipinski definition) is 0. The number of rotatable bonds is 4. The van der Waals surface area contributed by atoms with Crippen LogP contribution in [0.15, 0.2) is 52.3 Å². The van der Waals surface area contributed by atoms with Gasteiger partial charge in [0.25, 0.3) is 0 Å². The van der Waals surface area contributed by atoms with Crippen LogP contribution in [0.2, 0.25) is 0 Å². The molecule has 5 heteroatoms. The Morgan fingerprint density at radius 1 is 1.32 bits per heavy atom. The number of hydrogen-bond acceptors (Lipinski definition) is 4. The highest BCUT2D eigenvalue weighted by Gasteiger charge is 2.16. The summed E-state index contributed by atoms with van der Waals surface area (Å²) in [5.41, 5.74) is 1.50. The number of carbonyl (C=O) groups is 1. The third-order valence-electron chi connectivity index (χ3n) is 3.56. The van der Waals surface area contributed by atoms with Crippen LogP contribution in [-0.2, 0) is 4.79 Å². The predicted octanol–water partition coefficient (Wildman–Crippen LogP) is 4.12. The van der Waals surface area contributed by atoms with Crippen LogP contribution >= 0.6 is 11.3 Å². The second-order valence-corrected chi connectivity index (χ2v) is 5.97. The largest absolute Gasteiger partial charge is 0.437 e. The van der Waals surface area contributed by atoms with E-state index in [1.54, 1.807) is 29.4 Å². The molecule has 22 heavy (non-hydrogen) atoms. The summed E-state index contributed by atoms with van der Waals surface area (Å²) in [7, 11) is 1.79. The van der Waals surface area contributed by atoms with E-state index in [4.69, 9.17) is 4.42 Å². The van der Waals surface area contributed by atoms with E-state index in [0.717, 1.165) is 16.0 Å². The number of carbonyl (C=O) groups excluding carboxylic acids is 1. The SMILES string of the molecule is C[C@H](c1cccs1)N(C)C(=O)/C=C/c1nc2ccccc2o1. The van der Waals surface area contributed by atoms with Crippen molar-refractivity contribution in [3.8, 4) is 0 Å². The van der Waals surface area contributed by atoms with E-state index in [1.807, 2.05) is 48.7 Å². The van der Waals surface area contributed by atoms with Crippen LogP contribution in [0.25, 0.3) is 17.2 Å². The van der Waals surface area contributed by atoms with Crippen LogP contribution in [0, 0.1) is 0 Å². The number of thiophene rings is 1. The van der Waals surface area contributed by atoms with Crippen molar-refractivity contribution in [3.05, 3.63) is 58.6 Å². The van der Waals surface area contributed by atoms with E-state index >= 15 is 0 Å². The first-order valence-corrected chi connectivity index (χ1v) is 7.87. The lowest BCUT2D eigenvalue weighted by Gasteiger charge is -2.22. The first kappa shape index (κ1) is 14.5. The number of oxazole rings is 1. The van der Waals surface area contributed by atoms with Crippen molar-refractivity contribution < 1.29 is 9.21 Å². The number of para-hydroxylation sites is 2. The average molecular weight is 312 g/mol. The summed E-state index contributed by atoms with van der Waals surface area (Å²) < 4.78 is 5.56. The molecule has 112 valence electrons. The number of aromatic nitrogens is 1. The molecule has 0 fully saturated rings. The lowest BCUT2D eigenvalue weighted by molar-refractivity contribution is -0.126. The van der Waals surface area contributed by atoms with E-state index in [0.29, 0.717) is 5.89 Å². The normalized spacial score (nSPS) is 12.8. The minimum absolute atomic E-state index is 0.0424. The maximum Gasteiger partial charge on any atom is 0.247 e. The molecule has 3 rings (SSSR count). The summed E-state index contributed by atoms with van der Waals surface area (Å²) >= 11 is 1.65. The summed E-state index contributed by atoms with van der Waals surface area (Å²) in [6, 6.07) is 11.6. The molecular weight excluding hydrogens is 296 g/mol. The molecule has 0 aliphatic heterocycles. The van der Waals surface area contributed by atoms with Gasteiger partial charge in [-0.3, -0.25) is 4.79 Å². The molecule has 0 bridgehead atoms. The highest BCUT2D eigenvalue weighted by Crippen LogP contribution is 2.23. The van der Waals surface area contributed by atoms with E-state index in [9.17, 15) is 4.79 Å². The van der Waals surface area contributed by atoms with Crippen molar-refractivity contribution >= 4 is 34.4 Å². The highest BCUT2D eigenvalue weighted by molar-refractivity contribution is 7.10. The molecule has 2 heterocycles. The van der Waals surface area contributed by atoms with Gasteiger partial charge in [0.05, 0.1) is 6.04 Å². The Labute approximate surface area is 132 Å². The first-order chi connectivity index (χ1) is 10.6. The standard InChI is InChI=1S/C17H16N2O2S/c1-12(15-8-5-11-22-15)19(2)17(20)10-9-16-18-13-6-3-4-7-14(13)21-16/h3-12H,1-2H3/b10-9+/t12-/m1/s1. The van der Waals surface area contributed by atoms with E-state index < -0.39 is 0 Å². The van der Waals surface area contributed by atoms with Crippen LogP contribution in [-0.4, -0.2) is 22.8 Å². The lowest BCUT2D eigenvalue weighted by atomic mass is 10.2. The molecule has 0 aliphatic rings. The second kappa shape index (κ2) is 6.15. The molecule has 1 atom stereocenters. The Kier molecular flexibility index (Phi) is 4.06.